The van der Waals surface area contributed by atoms with Crippen LogP contribution in [0.15, 0.2) is 0 Å². The van der Waals surface area contributed by atoms with Gasteiger partial charge in [-0.2, -0.15) is 0 Å². The molecule has 10 heavy (non-hydrogen) atoms. The monoisotopic (exact) mass is 162 g/mol. The van der Waals surface area contributed by atoms with Crippen LogP contribution in [0.25, 0.3) is 0 Å². The molecule has 0 aromatic carbocycles. The number of likely N-dealkylation sites (N-methyl/N-ethyl adjacent to an activating group) is 2. The molecule has 0 aliphatic carbocycles. The molecule has 1 unspecified atom stereocenters. The Labute approximate surface area is 66.5 Å². The molecular weight excluding hydrogens is 144 g/mol. The molecule has 0 radical (unpaired) electrons. The summed E-state index contributed by atoms with van der Waals surface area (Å²) in [5.41, 5.74) is 0. The minimum absolute atomic E-state index is 0.265. The second-order valence-corrected chi connectivity index (χ2v) is 3.39. The van der Waals surface area contributed by atoms with E-state index in [9.17, 15) is 0 Å². The summed E-state index contributed by atoms with van der Waals surface area (Å²) < 4.78 is 5.35. The zero-order chi connectivity index (χ0) is 8.15. The molecule has 0 aliphatic rings. The Morgan fingerprint density at radius 2 is 1.80 bits per heavy atom. The third-order valence-corrected chi connectivity index (χ3v) is 1.91. The Balaban J connectivity index is 3.60. The average Bonchev–Trinajstić information content (AvgIpc) is 1.81. The van der Waals surface area contributed by atoms with E-state index >= 15 is 0 Å². The second-order valence-electron chi connectivity index (χ2n) is 2.92. The third-order valence-electron chi connectivity index (χ3n) is 1.37. The van der Waals surface area contributed by atoms with E-state index in [4.69, 9.17) is 4.43 Å². The largest absolute Gasteiger partial charge is 0.411 e. The smallest absolute Gasteiger partial charge is 0.148 e. The van der Waals surface area contributed by atoms with E-state index in [-0.39, 0.29) is 6.23 Å². The Morgan fingerprint density at radius 1 is 1.30 bits per heavy atom. The first-order valence-electron chi connectivity index (χ1n) is 3.42. The van der Waals surface area contributed by atoms with Crippen LogP contribution in [0, 0.1) is 0 Å². The summed E-state index contributed by atoms with van der Waals surface area (Å²) >= 11 is 0. The average molecular weight is 162 g/mol. The lowest BCUT2D eigenvalue weighted by Gasteiger charge is -2.26. The van der Waals surface area contributed by atoms with Crippen molar-refractivity contribution in [1.82, 2.24) is 9.80 Å². The summed E-state index contributed by atoms with van der Waals surface area (Å²) in [6.45, 7) is 0.969. The van der Waals surface area contributed by atoms with Crippen LogP contribution in [0.3, 0.4) is 0 Å². The van der Waals surface area contributed by atoms with Gasteiger partial charge < -0.3 is 9.33 Å². The first kappa shape index (κ1) is 10.1. The van der Waals surface area contributed by atoms with Crippen molar-refractivity contribution in [1.29, 1.82) is 0 Å². The van der Waals surface area contributed by atoms with Crippen LogP contribution in [0.4, 0.5) is 0 Å². The van der Waals surface area contributed by atoms with E-state index < -0.39 is 0 Å². The van der Waals surface area contributed by atoms with Crippen LogP contribution in [0.2, 0.25) is 0 Å². The molecule has 0 bridgehead atoms. The highest BCUT2D eigenvalue weighted by atomic mass is 28.2. The van der Waals surface area contributed by atoms with Gasteiger partial charge in [0.1, 0.15) is 16.7 Å². The highest BCUT2D eigenvalue weighted by molar-refractivity contribution is 5.98. The standard InChI is InChI=1S/C6H18N2OSi/c1-7(2)5-6(9-10)8(3)4/h6H,5H2,1-4,10H3. The van der Waals surface area contributed by atoms with Crippen LogP contribution < -0.4 is 0 Å². The van der Waals surface area contributed by atoms with Gasteiger partial charge in [0.25, 0.3) is 0 Å². The Morgan fingerprint density at radius 3 is 1.90 bits per heavy atom. The maximum absolute atomic E-state index is 5.35. The summed E-state index contributed by atoms with van der Waals surface area (Å²) in [4.78, 5) is 4.22. The van der Waals surface area contributed by atoms with Crippen LogP contribution in [0.5, 0.6) is 0 Å². The van der Waals surface area contributed by atoms with E-state index in [1.54, 1.807) is 0 Å². The van der Waals surface area contributed by atoms with Gasteiger partial charge in [0.2, 0.25) is 0 Å². The summed E-state index contributed by atoms with van der Waals surface area (Å²) in [7, 11) is 8.98. The SMILES string of the molecule is CN(C)CC(O[SiH3])N(C)C. The summed E-state index contributed by atoms with van der Waals surface area (Å²) in [6, 6.07) is 0. The Hall–Kier alpha value is 0.0969. The lowest BCUT2D eigenvalue weighted by Crippen LogP contribution is -2.38. The molecule has 0 aliphatic heterocycles. The molecule has 0 fully saturated rings. The van der Waals surface area contributed by atoms with E-state index in [1.165, 1.54) is 0 Å². The minimum atomic E-state index is 0.265. The molecule has 0 spiro atoms. The first-order valence-corrected chi connectivity index (χ1v) is 4.23. The van der Waals surface area contributed by atoms with Gasteiger partial charge in [0.05, 0.1) is 0 Å². The van der Waals surface area contributed by atoms with Crippen molar-refractivity contribution in [2.24, 2.45) is 0 Å². The highest BCUT2D eigenvalue weighted by Gasteiger charge is 2.08. The van der Waals surface area contributed by atoms with E-state index in [1.807, 2.05) is 14.1 Å². The van der Waals surface area contributed by atoms with Crippen molar-refractivity contribution in [3.8, 4) is 0 Å². The van der Waals surface area contributed by atoms with Crippen molar-refractivity contribution in [3.63, 3.8) is 0 Å². The van der Waals surface area contributed by atoms with Crippen molar-refractivity contribution >= 4 is 10.5 Å². The molecule has 0 saturated carbocycles. The molecular formula is C6H18N2OSi. The number of hydrogen-bond acceptors (Lipinski definition) is 3. The van der Waals surface area contributed by atoms with Crippen LogP contribution >= 0.6 is 0 Å². The lowest BCUT2D eigenvalue weighted by molar-refractivity contribution is 0.0494. The fourth-order valence-electron chi connectivity index (χ4n) is 0.761. The molecule has 0 N–H and O–H groups in total. The van der Waals surface area contributed by atoms with Crippen molar-refractivity contribution in [3.05, 3.63) is 0 Å². The Bertz CT molecular complexity index is 87.8. The molecule has 0 saturated heterocycles. The molecule has 0 amide bonds. The van der Waals surface area contributed by atoms with Gasteiger partial charge in [-0.15, -0.1) is 0 Å². The maximum Gasteiger partial charge on any atom is 0.148 e. The fraction of sp³-hybridized carbons (Fsp3) is 1.00. The van der Waals surface area contributed by atoms with Gasteiger partial charge in [-0.05, 0) is 28.2 Å². The maximum atomic E-state index is 5.35. The molecule has 62 valence electrons. The summed E-state index contributed by atoms with van der Waals surface area (Å²) in [6.07, 6.45) is 0.265. The molecule has 4 heteroatoms. The predicted octanol–water partition coefficient (Wildman–Crippen LogP) is -1.27. The third kappa shape index (κ3) is 4.00. The normalized spacial score (nSPS) is 15.0. The topological polar surface area (TPSA) is 15.7 Å². The van der Waals surface area contributed by atoms with Crippen LogP contribution in [-0.2, 0) is 4.43 Å². The number of nitrogens with zero attached hydrogens (tertiary/aromatic N) is 2. The van der Waals surface area contributed by atoms with E-state index in [0.29, 0.717) is 0 Å². The molecule has 0 aromatic heterocycles. The van der Waals surface area contributed by atoms with Crippen molar-refractivity contribution < 1.29 is 4.43 Å². The van der Waals surface area contributed by atoms with Gasteiger partial charge in [-0.1, -0.05) is 0 Å². The predicted molar refractivity (Wildman–Crippen MR) is 47.1 cm³/mol. The van der Waals surface area contributed by atoms with Crippen LogP contribution in [-0.4, -0.2) is 61.2 Å². The quantitative estimate of drug-likeness (QED) is 0.379. The molecule has 0 rings (SSSR count). The number of rotatable bonds is 4. The van der Waals surface area contributed by atoms with Gasteiger partial charge in [-0.3, -0.25) is 4.90 Å². The summed E-state index contributed by atoms with van der Waals surface area (Å²) in [5, 5.41) is 0. The van der Waals surface area contributed by atoms with Gasteiger partial charge in [0.15, 0.2) is 0 Å². The summed E-state index contributed by atoms with van der Waals surface area (Å²) in [5.74, 6) is 0. The minimum Gasteiger partial charge on any atom is -0.411 e. The fourth-order valence-corrected chi connectivity index (χ4v) is 1.33. The molecule has 0 aromatic rings. The molecule has 0 heterocycles. The zero-order valence-corrected chi connectivity index (χ0v) is 9.59. The van der Waals surface area contributed by atoms with Crippen molar-refractivity contribution in [2.75, 3.05) is 34.7 Å². The number of hydrogen-bond donors (Lipinski definition) is 0. The Kier molecular flexibility index (Phi) is 4.89. The van der Waals surface area contributed by atoms with Crippen LogP contribution in [0.1, 0.15) is 0 Å². The first-order chi connectivity index (χ1) is 4.57. The van der Waals surface area contributed by atoms with Gasteiger partial charge in [0, 0.05) is 6.54 Å². The van der Waals surface area contributed by atoms with Gasteiger partial charge in [-0.25, -0.2) is 0 Å². The highest BCUT2D eigenvalue weighted by Crippen LogP contribution is 1.93. The van der Waals surface area contributed by atoms with E-state index in [0.717, 1.165) is 17.0 Å². The van der Waals surface area contributed by atoms with Crippen molar-refractivity contribution in [2.45, 2.75) is 6.23 Å². The molecule has 3 nitrogen and oxygen atoms in total. The lowest BCUT2D eigenvalue weighted by atomic mass is 10.5. The zero-order valence-electron chi connectivity index (χ0n) is 7.59. The van der Waals surface area contributed by atoms with Gasteiger partial charge >= 0.3 is 0 Å². The second kappa shape index (κ2) is 4.84. The van der Waals surface area contributed by atoms with E-state index in [2.05, 4.69) is 23.9 Å². The molecule has 1 atom stereocenters.